The van der Waals surface area contributed by atoms with Crippen molar-refractivity contribution >= 4 is 15.7 Å². The van der Waals surface area contributed by atoms with Crippen molar-refractivity contribution in [1.29, 1.82) is 0 Å². The summed E-state index contributed by atoms with van der Waals surface area (Å²) in [6.45, 7) is 6.35. The molecule has 0 aliphatic rings. The van der Waals surface area contributed by atoms with Gasteiger partial charge in [-0.3, -0.25) is 4.79 Å². The normalized spacial score (nSPS) is 13.2. The fourth-order valence-electron chi connectivity index (χ4n) is 1.23. The van der Waals surface area contributed by atoms with Crippen molar-refractivity contribution in [2.24, 2.45) is 5.73 Å². The van der Waals surface area contributed by atoms with E-state index in [9.17, 15) is 13.2 Å². The Morgan fingerprint density at radius 3 is 2.50 bits per heavy atom. The Morgan fingerprint density at radius 1 is 1.56 bits per heavy atom. The Kier molecular flexibility index (Phi) is 6.28. The Labute approximate surface area is 97.2 Å². The molecule has 2 N–H and O–H groups in total. The zero-order valence-electron chi connectivity index (χ0n) is 9.85. The van der Waals surface area contributed by atoms with Gasteiger partial charge in [0.05, 0.1) is 11.8 Å². The van der Waals surface area contributed by atoms with Crippen LogP contribution in [0.3, 0.4) is 0 Å². The highest BCUT2D eigenvalue weighted by Gasteiger charge is 2.20. The smallest absolute Gasteiger partial charge is 0.239 e. The van der Waals surface area contributed by atoms with Crippen molar-refractivity contribution in [3.05, 3.63) is 12.7 Å². The lowest BCUT2D eigenvalue weighted by molar-refractivity contribution is -0.131. The zero-order chi connectivity index (χ0) is 12.8. The second kappa shape index (κ2) is 6.65. The van der Waals surface area contributed by atoms with E-state index in [-0.39, 0.29) is 18.1 Å². The fourth-order valence-corrected chi connectivity index (χ4v) is 1.91. The molecule has 0 aromatic rings. The predicted molar refractivity (Wildman–Crippen MR) is 64.8 cm³/mol. The number of carbonyl (C=O) groups excluding carboxylic acids is 1. The third kappa shape index (κ3) is 5.87. The highest BCUT2D eigenvalue weighted by molar-refractivity contribution is 7.90. The van der Waals surface area contributed by atoms with Gasteiger partial charge in [-0.25, -0.2) is 8.42 Å². The summed E-state index contributed by atoms with van der Waals surface area (Å²) in [7, 11) is -3.07. The molecule has 1 unspecified atom stereocenters. The van der Waals surface area contributed by atoms with Crippen LogP contribution in [0.25, 0.3) is 0 Å². The molecule has 0 radical (unpaired) electrons. The van der Waals surface area contributed by atoms with E-state index in [1.807, 2.05) is 6.92 Å². The summed E-state index contributed by atoms with van der Waals surface area (Å²) in [5.74, 6) is -0.294. The maximum atomic E-state index is 11.7. The van der Waals surface area contributed by atoms with Gasteiger partial charge in [0.1, 0.15) is 9.84 Å². The topological polar surface area (TPSA) is 80.5 Å². The van der Waals surface area contributed by atoms with E-state index in [0.717, 1.165) is 6.26 Å². The molecule has 0 aliphatic carbocycles. The van der Waals surface area contributed by atoms with Crippen molar-refractivity contribution < 1.29 is 13.2 Å². The second-order valence-corrected chi connectivity index (χ2v) is 5.95. The van der Waals surface area contributed by atoms with Crippen LogP contribution in [0.5, 0.6) is 0 Å². The van der Waals surface area contributed by atoms with E-state index in [1.54, 1.807) is 11.0 Å². The summed E-state index contributed by atoms with van der Waals surface area (Å²) in [6.07, 6.45) is 2.90. The van der Waals surface area contributed by atoms with Gasteiger partial charge in [-0.2, -0.15) is 0 Å². The molecule has 0 aromatic carbocycles. The van der Waals surface area contributed by atoms with Crippen LogP contribution in [0.15, 0.2) is 12.7 Å². The lowest BCUT2D eigenvalue weighted by Gasteiger charge is -2.22. The molecule has 0 bridgehead atoms. The average Bonchev–Trinajstić information content (AvgIpc) is 2.20. The van der Waals surface area contributed by atoms with Crippen LogP contribution >= 0.6 is 0 Å². The maximum Gasteiger partial charge on any atom is 0.239 e. The van der Waals surface area contributed by atoms with Crippen molar-refractivity contribution in [3.8, 4) is 0 Å². The molecule has 0 aromatic heterocycles. The summed E-state index contributed by atoms with van der Waals surface area (Å²) in [4.78, 5) is 13.3. The predicted octanol–water partition coefficient (Wildman–Crippen LogP) is -0.217. The van der Waals surface area contributed by atoms with Crippen LogP contribution in [0.2, 0.25) is 0 Å². The standard InChI is InChI=1S/C10H20N2O3S/c1-4-7-12(5-2)10(13)9(11)6-8-16(3,14)15/h4,9H,1,5-8,11H2,2-3H3. The molecule has 16 heavy (non-hydrogen) atoms. The van der Waals surface area contributed by atoms with Gasteiger partial charge in [0.25, 0.3) is 0 Å². The summed E-state index contributed by atoms with van der Waals surface area (Å²) >= 11 is 0. The molecule has 1 atom stereocenters. The van der Waals surface area contributed by atoms with E-state index >= 15 is 0 Å². The van der Waals surface area contributed by atoms with E-state index in [4.69, 9.17) is 5.73 Å². The SMILES string of the molecule is C=CCN(CC)C(=O)C(N)CCS(C)(=O)=O. The van der Waals surface area contributed by atoms with Gasteiger partial charge in [-0.1, -0.05) is 6.08 Å². The van der Waals surface area contributed by atoms with Gasteiger partial charge in [0.2, 0.25) is 5.91 Å². The van der Waals surface area contributed by atoms with E-state index in [2.05, 4.69) is 6.58 Å². The zero-order valence-corrected chi connectivity index (χ0v) is 10.7. The van der Waals surface area contributed by atoms with Gasteiger partial charge in [-0.15, -0.1) is 6.58 Å². The lowest BCUT2D eigenvalue weighted by Crippen LogP contribution is -2.44. The van der Waals surface area contributed by atoms with Crippen LogP contribution in [-0.2, 0) is 14.6 Å². The largest absolute Gasteiger partial charge is 0.338 e. The van der Waals surface area contributed by atoms with Crippen molar-refractivity contribution in [2.75, 3.05) is 25.1 Å². The molecule has 6 heteroatoms. The molecule has 0 saturated carbocycles. The number of carbonyl (C=O) groups is 1. The van der Waals surface area contributed by atoms with E-state index < -0.39 is 15.9 Å². The number of sulfone groups is 1. The number of nitrogens with zero attached hydrogens (tertiary/aromatic N) is 1. The van der Waals surface area contributed by atoms with Crippen LogP contribution in [-0.4, -0.2) is 50.4 Å². The summed E-state index contributed by atoms with van der Waals surface area (Å²) < 4.78 is 21.9. The molecule has 0 heterocycles. The summed E-state index contributed by atoms with van der Waals surface area (Å²) in [5.41, 5.74) is 5.64. The third-order valence-electron chi connectivity index (χ3n) is 2.16. The number of hydrogen-bond donors (Lipinski definition) is 1. The minimum atomic E-state index is -3.07. The molecule has 1 amide bonds. The lowest BCUT2D eigenvalue weighted by atomic mass is 10.2. The first kappa shape index (κ1) is 15.1. The number of rotatable bonds is 7. The van der Waals surface area contributed by atoms with Gasteiger partial charge >= 0.3 is 0 Å². The Balaban J connectivity index is 4.31. The number of nitrogens with two attached hydrogens (primary N) is 1. The van der Waals surface area contributed by atoms with Crippen LogP contribution in [0.4, 0.5) is 0 Å². The van der Waals surface area contributed by atoms with Gasteiger partial charge in [0, 0.05) is 19.3 Å². The second-order valence-electron chi connectivity index (χ2n) is 3.69. The molecule has 0 saturated heterocycles. The highest BCUT2D eigenvalue weighted by Crippen LogP contribution is 2.00. The first-order chi connectivity index (χ1) is 7.31. The molecule has 0 fully saturated rings. The monoisotopic (exact) mass is 248 g/mol. The number of likely N-dealkylation sites (N-methyl/N-ethyl adjacent to an activating group) is 1. The van der Waals surface area contributed by atoms with E-state index in [1.165, 1.54) is 0 Å². The summed E-state index contributed by atoms with van der Waals surface area (Å²) in [5, 5.41) is 0. The Morgan fingerprint density at radius 2 is 2.12 bits per heavy atom. The molecular weight excluding hydrogens is 228 g/mol. The highest BCUT2D eigenvalue weighted by atomic mass is 32.2. The van der Waals surface area contributed by atoms with Gasteiger partial charge in [0.15, 0.2) is 0 Å². The van der Waals surface area contributed by atoms with Crippen LogP contribution in [0.1, 0.15) is 13.3 Å². The molecule has 94 valence electrons. The molecule has 0 rings (SSSR count). The average molecular weight is 248 g/mol. The first-order valence-electron chi connectivity index (χ1n) is 5.14. The molecular formula is C10H20N2O3S. The van der Waals surface area contributed by atoms with Gasteiger partial charge in [-0.05, 0) is 13.3 Å². The number of hydrogen-bond acceptors (Lipinski definition) is 4. The van der Waals surface area contributed by atoms with Crippen molar-refractivity contribution in [2.45, 2.75) is 19.4 Å². The van der Waals surface area contributed by atoms with Crippen molar-refractivity contribution in [1.82, 2.24) is 4.90 Å². The molecule has 5 nitrogen and oxygen atoms in total. The fraction of sp³-hybridized carbons (Fsp3) is 0.700. The van der Waals surface area contributed by atoms with E-state index in [0.29, 0.717) is 13.1 Å². The quantitative estimate of drug-likeness (QED) is 0.632. The molecule has 0 spiro atoms. The van der Waals surface area contributed by atoms with Gasteiger partial charge < -0.3 is 10.6 Å². The minimum absolute atomic E-state index is 0.0639. The maximum absolute atomic E-state index is 11.7. The minimum Gasteiger partial charge on any atom is -0.338 e. The Bertz CT molecular complexity index is 338. The third-order valence-corrected chi connectivity index (χ3v) is 3.14. The van der Waals surface area contributed by atoms with Crippen molar-refractivity contribution in [3.63, 3.8) is 0 Å². The Hall–Kier alpha value is -0.880. The first-order valence-corrected chi connectivity index (χ1v) is 7.20. The number of amides is 1. The van der Waals surface area contributed by atoms with Crippen LogP contribution in [0, 0.1) is 0 Å². The summed E-state index contributed by atoms with van der Waals surface area (Å²) in [6, 6.07) is -0.755. The van der Waals surface area contributed by atoms with Crippen LogP contribution < -0.4 is 5.73 Å². The molecule has 0 aliphatic heterocycles.